The summed E-state index contributed by atoms with van der Waals surface area (Å²) in [5, 5.41) is 2.65. The number of ether oxygens (including phenoxy) is 1. The van der Waals surface area contributed by atoms with Crippen molar-refractivity contribution in [1.29, 1.82) is 0 Å². The Bertz CT molecular complexity index is 675. The van der Waals surface area contributed by atoms with Crippen LogP contribution in [0.5, 0.6) is 0 Å². The Labute approximate surface area is 129 Å². The third-order valence-corrected chi connectivity index (χ3v) is 2.75. The topological polar surface area (TPSA) is 77.2 Å². The van der Waals surface area contributed by atoms with Gasteiger partial charge in [0.15, 0.2) is 0 Å². The number of pyridine rings is 1. The molecule has 112 valence electrons. The summed E-state index contributed by atoms with van der Waals surface area (Å²) in [6.07, 6.45) is 1.69. The zero-order valence-electron chi connectivity index (χ0n) is 12.1. The highest BCUT2D eigenvalue weighted by atomic mass is 16.5. The molecule has 5 nitrogen and oxygen atoms in total. The number of hydrogen-bond acceptors (Lipinski definition) is 4. The van der Waals surface area contributed by atoms with Crippen LogP contribution in [0.2, 0.25) is 0 Å². The summed E-state index contributed by atoms with van der Waals surface area (Å²) in [6, 6.07) is 13.0. The zero-order valence-corrected chi connectivity index (χ0v) is 12.1. The molecule has 0 spiro atoms. The van der Waals surface area contributed by atoms with Gasteiger partial charge in [-0.05, 0) is 17.7 Å². The summed E-state index contributed by atoms with van der Waals surface area (Å²) in [4.78, 5) is 15.4. The van der Waals surface area contributed by atoms with Crippen molar-refractivity contribution < 1.29 is 9.53 Å². The average Bonchev–Trinajstić information content (AvgIpc) is 2.54. The second kappa shape index (κ2) is 8.32. The standard InChI is InChI=1S/C17H17N3O2/c18-16-12-14(9-11-19-16)6-4-5-10-20-17(21)22-13-15-7-2-1-3-8-15/h1-3,7-9,11-12H,5,10,13H2,(H2,18,19)(H,20,21). The van der Waals surface area contributed by atoms with E-state index in [9.17, 15) is 4.79 Å². The van der Waals surface area contributed by atoms with Gasteiger partial charge in [0.25, 0.3) is 0 Å². The van der Waals surface area contributed by atoms with Crippen LogP contribution in [0.25, 0.3) is 0 Å². The zero-order chi connectivity index (χ0) is 15.6. The van der Waals surface area contributed by atoms with Crippen LogP contribution in [0.15, 0.2) is 48.7 Å². The van der Waals surface area contributed by atoms with E-state index in [0.717, 1.165) is 11.1 Å². The first-order valence-electron chi connectivity index (χ1n) is 6.89. The van der Waals surface area contributed by atoms with Gasteiger partial charge in [-0.15, -0.1) is 0 Å². The molecule has 0 unspecified atom stereocenters. The monoisotopic (exact) mass is 295 g/mol. The lowest BCUT2D eigenvalue weighted by Crippen LogP contribution is -2.24. The Hall–Kier alpha value is -3.00. The number of carbonyl (C=O) groups excluding carboxylic acids is 1. The third kappa shape index (κ3) is 5.55. The fourth-order valence-corrected chi connectivity index (χ4v) is 1.69. The lowest BCUT2D eigenvalue weighted by Gasteiger charge is -2.05. The van der Waals surface area contributed by atoms with Gasteiger partial charge < -0.3 is 15.8 Å². The predicted molar refractivity (Wildman–Crippen MR) is 84.8 cm³/mol. The molecule has 1 aromatic heterocycles. The Morgan fingerprint density at radius 2 is 2.09 bits per heavy atom. The number of nitrogens with zero attached hydrogens (tertiary/aromatic N) is 1. The molecule has 2 rings (SSSR count). The molecule has 0 saturated heterocycles. The summed E-state index contributed by atoms with van der Waals surface area (Å²) in [7, 11) is 0. The molecule has 3 N–H and O–H groups in total. The van der Waals surface area contributed by atoms with E-state index in [1.54, 1.807) is 18.3 Å². The van der Waals surface area contributed by atoms with Crippen LogP contribution in [-0.4, -0.2) is 17.6 Å². The summed E-state index contributed by atoms with van der Waals surface area (Å²) < 4.78 is 5.09. The van der Waals surface area contributed by atoms with Crippen LogP contribution in [0.4, 0.5) is 10.6 Å². The molecule has 1 amide bonds. The second-order valence-electron chi connectivity index (χ2n) is 4.51. The average molecular weight is 295 g/mol. The molecule has 0 aliphatic heterocycles. The van der Waals surface area contributed by atoms with Crippen LogP contribution in [-0.2, 0) is 11.3 Å². The fourth-order valence-electron chi connectivity index (χ4n) is 1.69. The van der Waals surface area contributed by atoms with E-state index in [4.69, 9.17) is 10.5 Å². The number of anilines is 1. The minimum absolute atomic E-state index is 0.259. The van der Waals surface area contributed by atoms with E-state index in [2.05, 4.69) is 22.1 Å². The van der Waals surface area contributed by atoms with E-state index < -0.39 is 6.09 Å². The Balaban J connectivity index is 1.65. The van der Waals surface area contributed by atoms with E-state index in [0.29, 0.717) is 18.8 Å². The first-order valence-corrected chi connectivity index (χ1v) is 6.89. The molecular formula is C17H17N3O2. The summed E-state index contributed by atoms with van der Waals surface area (Å²) in [5.74, 6) is 6.35. The van der Waals surface area contributed by atoms with Gasteiger partial charge in [-0.3, -0.25) is 0 Å². The minimum Gasteiger partial charge on any atom is -0.445 e. The molecule has 2 aromatic rings. The van der Waals surface area contributed by atoms with Gasteiger partial charge in [-0.1, -0.05) is 42.2 Å². The van der Waals surface area contributed by atoms with Gasteiger partial charge in [0.1, 0.15) is 12.4 Å². The molecule has 0 radical (unpaired) electrons. The number of nitrogens with one attached hydrogen (secondary N) is 1. The van der Waals surface area contributed by atoms with Crippen molar-refractivity contribution in [1.82, 2.24) is 10.3 Å². The third-order valence-electron chi connectivity index (χ3n) is 2.75. The van der Waals surface area contributed by atoms with Gasteiger partial charge in [-0.2, -0.15) is 0 Å². The molecule has 0 fully saturated rings. The first kappa shape index (κ1) is 15.4. The smallest absolute Gasteiger partial charge is 0.407 e. The predicted octanol–water partition coefficient (Wildman–Crippen LogP) is 2.33. The van der Waals surface area contributed by atoms with Gasteiger partial charge in [0, 0.05) is 24.7 Å². The summed E-state index contributed by atoms with van der Waals surface area (Å²) in [5.41, 5.74) is 7.31. The maximum atomic E-state index is 11.5. The molecule has 5 heteroatoms. The highest BCUT2D eigenvalue weighted by Crippen LogP contribution is 2.01. The SMILES string of the molecule is Nc1cc(C#CCCNC(=O)OCc2ccccc2)ccn1. The number of benzene rings is 1. The van der Waals surface area contributed by atoms with E-state index >= 15 is 0 Å². The number of aromatic nitrogens is 1. The van der Waals surface area contributed by atoms with Crippen molar-refractivity contribution in [2.45, 2.75) is 13.0 Å². The molecule has 22 heavy (non-hydrogen) atoms. The van der Waals surface area contributed by atoms with Crippen LogP contribution in [0.1, 0.15) is 17.5 Å². The van der Waals surface area contributed by atoms with Crippen molar-refractivity contribution in [3.05, 3.63) is 59.8 Å². The molecule has 0 atom stereocenters. The van der Waals surface area contributed by atoms with E-state index in [1.165, 1.54) is 0 Å². The number of carbonyl (C=O) groups is 1. The number of nitrogen functional groups attached to an aromatic ring is 1. The van der Waals surface area contributed by atoms with Gasteiger partial charge in [-0.25, -0.2) is 9.78 Å². The number of hydrogen-bond donors (Lipinski definition) is 2. The van der Waals surface area contributed by atoms with Crippen LogP contribution < -0.4 is 11.1 Å². The number of rotatable bonds is 4. The van der Waals surface area contributed by atoms with Crippen molar-refractivity contribution in [2.24, 2.45) is 0 Å². The maximum absolute atomic E-state index is 11.5. The fraction of sp³-hybridized carbons (Fsp3) is 0.176. The molecule has 0 bridgehead atoms. The number of alkyl carbamates (subject to hydrolysis) is 1. The minimum atomic E-state index is -0.446. The van der Waals surface area contributed by atoms with E-state index in [-0.39, 0.29) is 6.61 Å². The lowest BCUT2D eigenvalue weighted by molar-refractivity contribution is 0.140. The normalized spacial score (nSPS) is 9.45. The Morgan fingerprint density at radius 1 is 1.27 bits per heavy atom. The van der Waals surface area contributed by atoms with Crippen molar-refractivity contribution in [3.8, 4) is 11.8 Å². The van der Waals surface area contributed by atoms with Crippen molar-refractivity contribution >= 4 is 11.9 Å². The Morgan fingerprint density at radius 3 is 2.86 bits per heavy atom. The van der Waals surface area contributed by atoms with E-state index in [1.807, 2.05) is 30.3 Å². The second-order valence-corrected chi connectivity index (χ2v) is 4.51. The molecule has 0 saturated carbocycles. The van der Waals surface area contributed by atoms with Gasteiger partial charge in [0.05, 0.1) is 0 Å². The van der Waals surface area contributed by atoms with Gasteiger partial charge in [0.2, 0.25) is 0 Å². The van der Waals surface area contributed by atoms with Gasteiger partial charge >= 0.3 is 6.09 Å². The summed E-state index contributed by atoms with van der Waals surface area (Å²) in [6.45, 7) is 0.690. The van der Waals surface area contributed by atoms with Crippen LogP contribution in [0.3, 0.4) is 0 Å². The molecule has 0 aliphatic rings. The highest BCUT2D eigenvalue weighted by Gasteiger charge is 2.00. The Kier molecular flexibility index (Phi) is 5.82. The molecule has 1 heterocycles. The van der Waals surface area contributed by atoms with Crippen molar-refractivity contribution in [2.75, 3.05) is 12.3 Å². The first-order chi connectivity index (χ1) is 10.7. The number of amides is 1. The van der Waals surface area contributed by atoms with Crippen molar-refractivity contribution in [3.63, 3.8) is 0 Å². The molecule has 0 aliphatic carbocycles. The van der Waals surface area contributed by atoms with Crippen LogP contribution >= 0.6 is 0 Å². The number of nitrogens with two attached hydrogens (primary N) is 1. The van der Waals surface area contributed by atoms with Crippen LogP contribution in [0, 0.1) is 11.8 Å². The highest BCUT2D eigenvalue weighted by molar-refractivity contribution is 5.67. The largest absolute Gasteiger partial charge is 0.445 e. The maximum Gasteiger partial charge on any atom is 0.407 e. The molecule has 1 aromatic carbocycles. The lowest BCUT2D eigenvalue weighted by atomic mass is 10.2. The summed E-state index contributed by atoms with van der Waals surface area (Å²) >= 11 is 0. The molecular weight excluding hydrogens is 278 g/mol. The quantitative estimate of drug-likeness (QED) is 0.670.